The fraction of sp³-hybridized carbons (Fsp3) is 0.691. The summed E-state index contributed by atoms with van der Waals surface area (Å²) in [5, 5.41) is 78.8. The molecule has 1 aliphatic heterocycles. The monoisotopic (exact) mass is 1570 g/mol. The molecular formula is C68H116N18O18S3. The summed E-state index contributed by atoms with van der Waals surface area (Å²) in [6, 6.07) is -0.963. The van der Waals surface area contributed by atoms with Gasteiger partial charge >= 0.3 is 5.97 Å². The number of nitrogens with zero attached hydrogens (tertiary/aromatic N) is 2. The molecule has 0 spiro atoms. The van der Waals surface area contributed by atoms with Crippen molar-refractivity contribution in [2.75, 3.05) is 103 Å². The van der Waals surface area contributed by atoms with E-state index in [1.807, 2.05) is 34.6 Å². The lowest BCUT2D eigenvalue weighted by molar-refractivity contribution is -0.141. The van der Waals surface area contributed by atoms with Crippen LogP contribution in [0, 0.1) is 11.3 Å². The number of thiol groups is 2. The Balaban J connectivity index is 2.47. The summed E-state index contributed by atoms with van der Waals surface area (Å²) in [4.78, 5) is 165. The van der Waals surface area contributed by atoms with Crippen LogP contribution in [0.5, 0.6) is 0 Å². The number of rotatable bonds is 44. The summed E-state index contributed by atoms with van der Waals surface area (Å²) in [5.74, 6) is -12.5. The molecule has 1 aromatic carbocycles. The van der Waals surface area contributed by atoms with E-state index in [0.29, 0.717) is 74.6 Å². The van der Waals surface area contributed by atoms with Crippen LogP contribution in [0.25, 0.3) is 0 Å². The topological polar surface area (TPSA) is 536 Å². The van der Waals surface area contributed by atoms with Crippen molar-refractivity contribution in [3.8, 4) is 0 Å². The van der Waals surface area contributed by atoms with Gasteiger partial charge in [-0.1, -0.05) is 47.6 Å². The minimum atomic E-state index is -1.85. The summed E-state index contributed by atoms with van der Waals surface area (Å²) in [5.41, 5.74) is 5.91. The number of carbonyl (C=O) groups excluding carboxylic acids is 11. The van der Waals surface area contributed by atoms with Gasteiger partial charge in [0.1, 0.15) is 36.3 Å². The van der Waals surface area contributed by atoms with E-state index in [1.165, 1.54) is 0 Å². The van der Waals surface area contributed by atoms with E-state index < -0.39 is 142 Å². The first-order chi connectivity index (χ1) is 50.9. The van der Waals surface area contributed by atoms with E-state index >= 15 is 0 Å². The Morgan fingerprint density at radius 1 is 0.579 bits per heavy atom. The second-order valence-electron chi connectivity index (χ2n) is 26.4. The van der Waals surface area contributed by atoms with Gasteiger partial charge in [0.25, 0.3) is 5.91 Å². The third kappa shape index (κ3) is 41.2. The molecule has 39 heteroatoms. The first-order valence-corrected chi connectivity index (χ1v) is 38.2. The molecule has 0 aliphatic carbocycles. The highest BCUT2D eigenvalue weighted by atomic mass is 32.2. The van der Waals surface area contributed by atoms with Crippen molar-refractivity contribution in [2.24, 2.45) is 22.0 Å². The Kier molecular flexibility index (Phi) is 47.6. The Hall–Kier alpha value is -8.08. The van der Waals surface area contributed by atoms with Gasteiger partial charge in [0.05, 0.1) is 74.3 Å². The number of nitrogens with two attached hydrogens (primary N) is 1. The van der Waals surface area contributed by atoms with Gasteiger partial charge in [-0.3, -0.25) is 62.9 Å². The van der Waals surface area contributed by atoms with E-state index in [1.54, 1.807) is 44.2 Å². The molecule has 11 amide bonds. The van der Waals surface area contributed by atoms with Crippen LogP contribution in [-0.2, 0) is 78.2 Å². The molecule has 36 nitrogen and oxygen atoms in total. The van der Waals surface area contributed by atoms with Crippen molar-refractivity contribution in [1.29, 1.82) is 5.41 Å². The number of hydrogen-bond donors (Lipinski definition) is 21. The summed E-state index contributed by atoms with van der Waals surface area (Å²) in [7, 11) is 0. The fourth-order valence-electron chi connectivity index (χ4n) is 10.2. The molecule has 0 saturated carbocycles. The van der Waals surface area contributed by atoms with Crippen LogP contribution in [0.3, 0.4) is 0 Å². The highest BCUT2D eigenvalue weighted by Crippen LogP contribution is 2.17. The van der Waals surface area contributed by atoms with Crippen molar-refractivity contribution in [3.63, 3.8) is 0 Å². The van der Waals surface area contributed by atoms with Gasteiger partial charge in [-0.15, -0.1) is 11.8 Å². The standard InChI is InChI=1S/C68H116N18O18S3/c1-8-31-102-33-35-104-36-34-103-32-30-73-64(99)65-84-61(96)49(37-46-16-10-9-11-17-46)81-63(98)52(41-106)83-60(95)50(38-57(91)92)79-55(89)39-75-58(93)47(19-15-26-74-66(69)70)80-62(97)51(40-105)82-59(94)48(78-56(90)42-107-65)18-12-13-25-71-53(87)20-14-21-54(88)72-27-22-45(23-28-76-67(4,5)43(2)85-100)24-29-77-68(6,7)44(3)86-101/h9-11,16-17,45,47-52,65,76-77,100-101,105-106H,8,12-15,18-42H2,1-7H3,(H,71,87)(H,72,88)(H,73,99)(H,75,93)(H,78,90)(H,79,89)(H,80,97)(H,81,98)(H,82,94)(H,83,95)(H,84,96)(H,91,92)(H4,69,70,74)/b85-43-,86-44-/t47-,48-,49-,50-,51-,52-,65?/m0/s1. The van der Waals surface area contributed by atoms with Gasteiger partial charge in [0.15, 0.2) is 11.3 Å². The second-order valence-corrected chi connectivity index (χ2v) is 28.2. The minimum absolute atomic E-state index is 0.0111. The molecule has 7 atom stereocenters. The van der Waals surface area contributed by atoms with Gasteiger partial charge < -0.3 is 110 Å². The number of aliphatic carboxylic acids is 1. The average molecular weight is 1570 g/mol. The number of benzene rings is 1. The van der Waals surface area contributed by atoms with Crippen LogP contribution in [0.1, 0.15) is 138 Å². The lowest BCUT2D eigenvalue weighted by atomic mass is 9.94. The zero-order valence-electron chi connectivity index (χ0n) is 62.5. The number of oxime groups is 2. The van der Waals surface area contributed by atoms with E-state index in [9.17, 15) is 73.1 Å². The number of amides is 11. The maximum Gasteiger partial charge on any atom is 0.305 e. The summed E-state index contributed by atoms with van der Waals surface area (Å²) in [6.45, 7) is 15.5. The van der Waals surface area contributed by atoms with Crippen LogP contribution in [0.15, 0.2) is 40.6 Å². The molecule has 107 heavy (non-hydrogen) atoms. The number of unbranched alkanes of at least 4 members (excludes halogenated alkanes) is 1. The molecule has 0 bridgehead atoms. The number of ether oxygens (including phenoxy) is 3. The molecule has 1 saturated heterocycles. The maximum atomic E-state index is 14.6. The molecular weight excluding hydrogens is 1450 g/mol. The highest BCUT2D eigenvalue weighted by molar-refractivity contribution is 8.01. The quantitative estimate of drug-likeness (QED) is 0.00875. The lowest BCUT2D eigenvalue weighted by Crippen LogP contribution is -2.60. The SMILES string of the molecule is CCCOCCOCCOCCNC(=O)C1NC(=O)[C@H](Cc2ccccc2)NC(=O)[C@H](CS)NC(=O)[C@H](CC(=O)O)NC(=O)CNC(=O)[C@H](CCCNC(=N)N)NC(=O)[C@H](CS)NC(=O)[C@H](CCCCNC(=O)CCCC(=O)NCCC(CCNC(C)(C)/C(C)=N\O)CCNC(C)(C)/C(C)=N\O)NC(=O)CS1. The molecule has 1 aromatic rings. The normalized spacial score (nSPS) is 19.7. The third-order valence-electron chi connectivity index (χ3n) is 17.1. The number of carboxylic acid groups (broad SMARTS) is 1. The van der Waals surface area contributed by atoms with E-state index in [0.717, 1.165) is 19.3 Å². The van der Waals surface area contributed by atoms with Crippen molar-refractivity contribution < 1.29 is 87.3 Å². The predicted octanol–water partition coefficient (Wildman–Crippen LogP) is -1.59. The van der Waals surface area contributed by atoms with Gasteiger partial charge in [-0.2, -0.15) is 25.3 Å². The van der Waals surface area contributed by atoms with E-state index in [4.69, 9.17) is 25.4 Å². The van der Waals surface area contributed by atoms with Gasteiger partial charge in [-0.25, -0.2) is 0 Å². The first-order valence-electron chi connectivity index (χ1n) is 35.9. The molecule has 0 aromatic heterocycles. The smallest absolute Gasteiger partial charge is 0.305 e. The number of nitrogens with one attached hydrogen (secondary N) is 15. The van der Waals surface area contributed by atoms with Gasteiger partial charge in [0.2, 0.25) is 59.1 Å². The van der Waals surface area contributed by atoms with Crippen molar-refractivity contribution in [3.05, 3.63) is 35.9 Å². The minimum Gasteiger partial charge on any atom is -0.481 e. The molecule has 1 heterocycles. The Morgan fingerprint density at radius 3 is 1.61 bits per heavy atom. The molecule has 1 unspecified atom stereocenters. The lowest BCUT2D eigenvalue weighted by Gasteiger charge is -2.28. The number of hydrogen-bond acceptors (Lipinski definition) is 25. The summed E-state index contributed by atoms with van der Waals surface area (Å²) < 4.78 is 16.6. The molecule has 604 valence electrons. The van der Waals surface area contributed by atoms with Crippen LogP contribution in [0.2, 0.25) is 0 Å². The zero-order chi connectivity index (χ0) is 79.7. The largest absolute Gasteiger partial charge is 0.481 e. The summed E-state index contributed by atoms with van der Waals surface area (Å²) in [6.07, 6.45) is 2.36. The van der Waals surface area contributed by atoms with Gasteiger partial charge in [0, 0.05) is 63.6 Å². The molecule has 1 aliphatic rings. The van der Waals surface area contributed by atoms with Crippen molar-refractivity contribution in [2.45, 2.75) is 191 Å². The van der Waals surface area contributed by atoms with E-state index in [2.05, 4.69) is 110 Å². The van der Waals surface area contributed by atoms with Crippen LogP contribution in [-0.4, -0.2) is 259 Å². The van der Waals surface area contributed by atoms with E-state index in [-0.39, 0.29) is 121 Å². The number of carbonyl (C=O) groups is 12. The maximum absolute atomic E-state index is 14.6. The third-order valence-corrected chi connectivity index (χ3v) is 18.9. The Labute approximate surface area is 641 Å². The molecule has 1 fully saturated rings. The Bertz CT molecular complexity index is 3010. The Morgan fingerprint density at radius 2 is 1.06 bits per heavy atom. The van der Waals surface area contributed by atoms with Crippen molar-refractivity contribution in [1.82, 2.24) is 74.4 Å². The highest BCUT2D eigenvalue weighted by Gasteiger charge is 2.35. The molecule has 20 N–H and O–H groups in total. The average Bonchev–Trinajstić information content (AvgIpc) is 0.859. The number of carboxylic acids is 1. The zero-order valence-corrected chi connectivity index (χ0v) is 65.1. The first kappa shape index (κ1) is 95.0. The van der Waals surface area contributed by atoms with Crippen LogP contribution in [0.4, 0.5) is 0 Å². The molecule has 0 radical (unpaired) electrons. The number of guanidine groups is 1. The molecule has 2 rings (SSSR count). The van der Waals surface area contributed by atoms with Gasteiger partial charge in [-0.05, 0) is 130 Å². The van der Waals surface area contributed by atoms with Crippen LogP contribution >= 0.6 is 37.0 Å². The number of thioether (sulfide) groups is 1. The van der Waals surface area contributed by atoms with Crippen molar-refractivity contribution >= 4 is 125 Å². The van der Waals surface area contributed by atoms with Crippen LogP contribution < -0.4 is 80.2 Å². The summed E-state index contributed by atoms with van der Waals surface area (Å²) >= 11 is 9.18. The second kappa shape index (κ2) is 53.7. The predicted molar refractivity (Wildman–Crippen MR) is 409 cm³/mol. The fourth-order valence-corrected chi connectivity index (χ4v) is 11.5.